The molecule has 0 aliphatic carbocycles. The number of nitrogens with one attached hydrogen (secondary N) is 1. The van der Waals surface area contributed by atoms with Crippen molar-refractivity contribution in [2.75, 3.05) is 26.4 Å². The van der Waals surface area contributed by atoms with E-state index >= 15 is 0 Å². The van der Waals surface area contributed by atoms with E-state index < -0.39 is 6.10 Å². The van der Waals surface area contributed by atoms with Crippen molar-refractivity contribution >= 4 is 17.5 Å². The first kappa shape index (κ1) is 19.3. The Kier molecular flexibility index (Phi) is 6.39. The number of fused-ring (bicyclic) bond motifs is 1. The predicted molar refractivity (Wildman–Crippen MR) is 100 cm³/mol. The number of rotatable bonds is 7. The molecular weight excluding hydrogens is 372 g/mol. The van der Waals surface area contributed by atoms with Crippen LogP contribution < -0.4 is 25.3 Å². The number of benzene rings is 2. The number of carbonyl (C=O) groups is 1. The van der Waals surface area contributed by atoms with Crippen molar-refractivity contribution in [1.82, 2.24) is 5.32 Å². The van der Waals surface area contributed by atoms with Gasteiger partial charge in [0, 0.05) is 13.1 Å². The lowest BCUT2D eigenvalue weighted by Gasteiger charge is -2.21. The molecule has 1 heterocycles. The van der Waals surface area contributed by atoms with E-state index in [4.69, 9.17) is 31.5 Å². The summed E-state index contributed by atoms with van der Waals surface area (Å²) in [6, 6.07) is 10.5. The lowest BCUT2D eigenvalue weighted by molar-refractivity contribution is -0.123. The third-order valence-corrected chi connectivity index (χ3v) is 4.28. The number of aliphatic hydroxyl groups excluding tert-OH is 1. The summed E-state index contributed by atoms with van der Waals surface area (Å²) in [5.41, 5.74) is 7.02. The highest BCUT2D eigenvalue weighted by atomic mass is 35.5. The SMILES string of the molecule is NCc1cccc(OCC(=O)NCC(O)c2cc(Cl)c3c(c2)OCCO3)c1. The van der Waals surface area contributed by atoms with Crippen molar-refractivity contribution in [1.29, 1.82) is 0 Å². The monoisotopic (exact) mass is 392 g/mol. The fraction of sp³-hybridized carbons (Fsp3) is 0.316. The van der Waals surface area contributed by atoms with Gasteiger partial charge in [0.25, 0.3) is 5.91 Å². The molecule has 2 aromatic rings. The van der Waals surface area contributed by atoms with E-state index in [1.165, 1.54) is 0 Å². The standard InChI is InChI=1S/C19H21ClN2O5/c20-15-7-13(8-17-19(15)26-5-4-25-17)16(23)10-22-18(24)11-27-14-3-1-2-12(6-14)9-21/h1-3,6-8,16,23H,4-5,9-11,21H2,(H,22,24). The molecule has 0 saturated carbocycles. The van der Waals surface area contributed by atoms with Crippen LogP contribution in [0.5, 0.6) is 17.2 Å². The molecule has 7 nitrogen and oxygen atoms in total. The van der Waals surface area contributed by atoms with Crippen LogP contribution in [-0.4, -0.2) is 37.4 Å². The summed E-state index contributed by atoms with van der Waals surface area (Å²) in [6.07, 6.45) is -0.942. The minimum absolute atomic E-state index is 0.0149. The van der Waals surface area contributed by atoms with E-state index in [1.807, 2.05) is 12.1 Å². The van der Waals surface area contributed by atoms with Gasteiger partial charge in [-0.1, -0.05) is 23.7 Å². The van der Waals surface area contributed by atoms with Gasteiger partial charge in [0.05, 0.1) is 11.1 Å². The summed E-state index contributed by atoms with van der Waals surface area (Å²) in [5, 5.41) is 13.3. The van der Waals surface area contributed by atoms with Crippen LogP contribution in [0.4, 0.5) is 0 Å². The van der Waals surface area contributed by atoms with Crippen molar-refractivity contribution in [2.45, 2.75) is 12.6 Å². The molecule has 2 aromatic carbocycles. The molecule has 0 bridgehead atoms. The number of nitrogens with two attached hydrogens (primary N) is 1. The van der Waals surface area contributed by atoms with Crippen molar-refractivity contribution in [2.24, 2.45) is 5.73 Å². The molecule has 1 amide bonds. The molecular formula is C19H21ClN2O5. The Labute approximate surface area is 162 Å². The van der Waals surface area contributed by atoms with Gasteiger partial charge >= 0.3 is 0 Å². The van der Waals surface area contributed by atoms with E-state index in [-0.39, 0.29) is 19.1 Å². The Balaban J connectivity index is 1.52. The molecule has 1 aliphatic heterocycles. The first-order chi connectivity index (χ1) is 13.1. The van der Waals surface area contributed by atoms with E-state index in [0.717, 1.165) is 5.56 Å². The summed E-state index contributed by atoms with van der Waals surface area (Å²) >= 11 is 6.16. The van der Waals surface area contributed by atoms with Crippen molar-refractivity contribution in [3.63, 3.8) is 0 Å². The number of hydrogen-bond acceptors (Lipinski definition) is 6. The molecule has 0 spiro atoms. The van der Waals surface area contributed by atoms with E-state index in [2.05, 4.69) is 5.32 Å². The second-order valence-electron chi connectivity index (χ2n) is 5.99. The summed E-state index contributed by atoms with van der Waals surface area (Å²) < 4.78 is 16.4. The largest absolute Gasteiger partial charge is 0.486 e. The normalized spacial score (nSPS) is 13.7. The summed E-state index contributed by atoms with van der Waals surface area (Å²) in [6.45, 7) is 1.10. The lowest BCUT2D eigenvalue weighted by atomic mass is 10.1. The number of amides is 1. The second kappa shape index (κ2) is 8.94. The van der Waals surface area contributed by atoms with Gasteiger partial charge in [-0.3, -0.25) is 4.79 Å². The van der Waals surface area contributed by atoms with Crippen LogP contribution >= 0.6 is 11.6 Å². The third kappa shape index (κ3) is 5.03. The van der Waals surface area contributed by atoms with E-state index in [9.17, 15) is 9.90 Å². The molecule has 0 radical (unpaired) electrons. The number of aliphatic hydroxyl groups is 1. The summed E-state index contributed by atoms with van der Waals surface area (Å²) in [7, 11) is 0. The zero-order chi connectivity index (χ0) is 19.2. The van der Waals surface area contributed by atoms with Gasteiger partial charge in [-0.25, -0.2) is 0 Å². The zero-order valence-corrected chi connectivity index (χ0v) is 15.4. The molecule has 1 unspecified atom stereocenters. The van der Waals surface area contributed by atoms with Crippen LogP contribution in [-0.2, 0) is 11.3 Å². The Morgan fingerprint density at radius 1 is 1.30 bits per heavy atom. The van der Waals surface area contributed by atoms with Crippen LogP contribution in [0.15, 0.2) is 36.4 Å². The fourth-order valence-corrected chi connectivity index (χ4v) is 2.89. The molecule has 1 aliphatic rings. The van der Waals surface area contributed by atoms with Gasteiger partial charge in [-0.05, 0) is 35.4 Å². The third-order valence-electron chi connectivity index (χ3n) is 4.00. The predicted octanol–water partition coefficient (Wildman–Crippen LogP) is 1.80. The van der Waals surface area contributed by atoms with Gasteiger partial charge in [-0.2, -0.15) is 0 Å². The molecule has 27 heavy (non-hydrogen) atoms. The quantitative estimate of drug-likeness (QED) is 0.664. The van der Waals surface area contributed by atoms with Gasteiger partial charge < -0.3 is 30.4 Å². The summed E-state index contributed by atoms with van der Waals surface area (Å²) in [4.78, 5) is 12.0. The Morgan fingerprint density at radius 2 is 2.11 bits per heavy atom. The molecule has 1 atom stereocenters. The topological polar surface area (TPSA) is 103 Å². The Morgan fingerprint density at radius 3 is 2.93 bits per heavy atom. The van der Waals surface area contributed by atoms with Crippen molar-refractivity contribution in [3.05, 3.63) is 52.5 Å². The Bertz CT molecular complexity index is 815. The van der Waals surface area contributed by atoms with Gasteiger partial charge in [0.2, 0.25) is 0 Å². The van der Waals surface area contributed by atoms with Crippen LogP contribution in [0.1, 0.15) is 17.2 Å². The Hall–Kier alpha value is -2.48. The zero-order valence-electron chi connectivity index (χ0n) is 14.6. The molecule has 0 saturated heterocycles. The van der Waals surface area contributed by atoms with Gasteiger partial charge in [0.1, 0.15) is 19.0 Å². The second-order valence-corrected chi connectivity index (χ2v) is 6.39. The first-order valence-corrected chi connectivity index (χ1v) is 8.90. The maximum absolute atomic E-state index is 12.0. The average molecular weight is 393 g/mol. The van der Waals surface area contributed by atoms with E-state index in [1.54, 1.807) is 24.3 Å². The summed E-state index contributed by atoms with van der Waals surface area (Å²) in [5.74, 6) is 1.16. The molecule has 144 valence electrons. The number of ether oxygens (including phenoxy) is 3. The molecule has 4 N–H and O–H groups in total. The number of carbonyl (C=O) groups excluding carboxylic acids is 1. The molecule has 0 fully saturated rings. The number of hydrogen-bond donors (Lipinski definition) is 3. The fourth-order valence-electron chi connectivity index (χ4n) is 2.61. The minimum Gasteiger partial charge on any atom is -0.486 e. The van der Waals surface area contributed by atoms with Gasteiger partial charge in [-0.15, -0.1) is 0 Å². The number of halogens is 1. The van der Waals surface area contributed by atoms with Gasteiger partial charge in [0.15, 0.2) is 18.1 Å². The smallest absolute Gasteiger partial charge is 0.258 e. The van der Waals surface area contributed by atoms with E-state index in [0.29, 0.717) is 47.6 Å². The maximum Gasteiger partial charge on any atom is 0.258 e. The first-order valence-electron chi connectivity index (χ1n) is 8.52. The van der Waals surface area contributed by atoms with Crippen molar-refractivity contribution < 1.29 is 24.1 Å². The molecule has 3 rings (SSSR count). The van der Waals surface area contributed by atoms with Crippen LogP contribution in [0.2, 0.25) is 5.02 Å². The maximum atomic E-state index is 12.0. The highest BCUT2D eigenvalue weighted by Gasteiger charge is 2.20. The minimum atomic E-state index is -0.942. The van der Waals surface area contributed by atoms with Crippen molar-refractivity contribution in [3.8, 4) is 17.2 Å². The highest BCUT2D eigenvalue weighted by Crippen LogP contribution is 2.39. The molecule has 8 heteroatoms. The van der Waals surface area contributed by atoms with Crippen LogP contribution in [0.3, 0.4) is 0 Å². The van der Waals surface area contributed by atoms with Crippen LogP contribution in [0, 0.1) is 0 Å². The highest BCUT2D eigenvalue weighted by molar-refractivity contribution is 6.32. The lowest BCUT2D eigenvalue weighted by Crippen LogP contribution is -2.32. The average Bonchev–Trinajstić information content (AvgIpc) is 2.70. The molecule has 0 aromatic heterocycles. The van der Waals surface area contributed by atoms with Crippen LogP contribution in [0.25, 0.3) is 0 Å².